The van der Waals surface area contributed by atoms with E-state index in [1.165, 1.54) is 18.7 Å². The molecule has 1 fully saturated rings. The van der Waals surface area contributed by atoms with Gasteiger partial charge in [0.05, 0.1) is 29.6 Å². The van der Waals surface area contributed by atoms with Crippen LogP contribution in [0.5, 0.6) is 5.88 Å². The normalized spacial score (nSPS) is 16.1. The number of benzene rings is 1. The van der Waals surface area contributed by atoms with E-state index in [4.69, 9.17) is 10.00 Å². The number of fused-ring (bicyclic) bond motifs is 1. The number of nitrogens with zero attached hydrogens (tertiary/aromatic N) is 7. The van der Waals surface area contributed by atoms with Gasteiger partial charge in [-0.05, 0) is 30.7 Å². The summed E-state index contributed by atoms with van der Waals surface area (Å²) in [7, 11) is 0. The summed E-state index contributed by atoms with van der Waals surface area (Å²) < 4.78 is 19.3. The average molecular weight is 417 g/mol. The van der Waals surface area contributed by atoms with Crippen LogP contribution in [0, 0.1) is 17.1 Å². The van der Waals surface area contributed by atoms with E-state index in [0.717, 1.165) is 56.0 Å². The van der Waals surface area contributed by atoms with Crippen molar-refractivity contribution in [2.24, 2.45) is 0 Å². The van der Waals surface area contributed by atoms with Crippen molar-refractivity contribution in [2.75, 3.05) is 29.4 Å². The second kappa shape index (κ2) is 8.14. The van der Waals surface area contributed by atoms with Crippen molar-refractivity contribution < 1.29 is 9.13 Å². The third kappa shape index (κ3) is 3.84. The van der Waals surface area contributed by atoms with Crippen LogP contribution in [-0.2, 0) is 6.42 Å². The van der Waals surface area contributed by atoms with Crippen LogP contribution in [0.2, 0.25) is 0 Å². The van der Waals surface area contributed by atoms with E-state index in [9.17, 15) is 4.39 Å². The molecule has 0 amide bonds. The predicted octanol–water partition coefficient (Wildman–Crippen LogP) is 3.02. The molecule has 2 aromatic heterocycles. The lowest BCUT2D eigenvalue weighted by atomic mass is 10.1. The van der Waals surface area contributed by atoms with Crippen molar-refractivity contribution in [1.82, 2.24) is 19.9 Å². The first-order valence-corrected chi connectivity index (χ1v) is 10.2. The summed E-state index contributed by atoms with van der Waals surface area (Å²) in [6.07, 6.45) is 6.37. The molecule has 0 atom stereocenters. The number of hydrogen-bond donors (Lipinski definition) is 0. The van der Waals surface area contributed by atoms with Gasteiger partial charge in [0.2, 0.25) is 11.8 Å². The first kappa shape index (κ1) is 19.2. The van der Waals surface area contributed by atoms with Gasteiger partial charge in [-0.2, -0.15) is 5.26 Å². The van der Waals surface area contributed by atoms with Crippen molar-refractivity contribution in [1.29, 1.82) is 5.26 Å². The van der Waals surface area contributed by atoms with Gasteiger partial charge in [-0.3, -0.25) is 0 Å². The molecule has 31 heavy (non-hydrogen) atoms. The Morgan fingerprint density at radius 1 is 1.00 bits per heavy atom. The van der Waals surface area contributed by atoms with Crippen LogP contribution < -0.4 is 14.5 Å². The molecule has 1 aromatic carbocycles. The van der Waals surface area contributed by atoms with Crippen LogP contribution in [0.15, 0.2) is 43.0 Å². The molecule has 0 unspecified atom stereocenters. The molecule has 8 nitrogen and oxygen atoms in total. The Kier molecular flexibility index (Phi) is 5.04. The number of hydrogen-bond acceptors (Lipinski definition) is 8. The molecule has 3 aromatic rings. The SMILES string of the molecule is N#Cc1ccc(N2CCc3c(OC4CCN(c5ncc(F)cn5)CC4)ncnc32)cc1. The number of anilines is 3. The molecule has 2 aliphatic heterocycles. The fourth-order valence-corrected chi connectivity index (χ4v) is 4.04. The molecule has 2 aliphatic rings. The quantitative estimate of drug-likeness (QED) is 0.640. The molecular weight excluding hydrogens is 397 g/mol. The van der Waals surface area contributed by atoms with Gasteiger partial charge in [-0.25, -0.2) is 24.3 Å². The molecule has 4 heterocycles. The molecular formula is C22H20FN7O. The third-order valence-corrected chi connectivity index (χ3v) is 5.64. The Balaban J connectivity index is 1.27. The monoisotopic (exact) mass is 417 g/mol. The van der Waals surface area contributed by atoms with Gasteiger partial charge in [0.25, 0.3) is 0 Å². The van der Waals surface area contributed by atoms with Gasteiger partial charge in [0.1, 0.15) is 18.2 Å². The Labute approximate surface area is 179 Å². The highest BCUT2D eigenvalue weighted by molar-refractivity contribution is 5.68. The van der Waals surface area contributed by atoms with E-state index in [-0.39, 0.29) is 6.10 Å². The smallest absolute Gasteiger partial charge is 0.225 e. The van der Waals surface area contributed by atoms with E-state index < -0.39 is 5.82 Å². The molecule has 5 rings (SSSR count). The zero-order valence-corrected chi connectivity index (χ0v) is 16.8. The second-order valence-electron chi connectivity index (χ2n) is 7.55. The van der Waals surface area contributed by atoms with Gasteiger partial charge < -0.3 is 14.5 Å². The highest BCUT2D eigenvalue weighted by Crippen LogP contribution is 2.37. The molecule has 0 aliphatic carbocycles. The third-order valence-electron chi connectivity index (χ3n) is 5.64. The summed E-state index contributed by atoms with van der Waals surface area (Å²) in [6.45, 7) is 2.26. The Bertz CT molecular complexity index is 1110. The first-order valence-electron chi connectivity index (χ1n) is 10.2. The molecule has 0 N–H and O–H groups in total. The number of piperidine rings is 1. The maximum atomic E-state index is 13.0. The van der Waals surface area contributed by atoms with E-state index >= 15 is 0 Å². The topological polar surface area (TPSA) is 91.1 Å². The van der Waals surface area contributed by atoms with Crippen molar-refractivity contribution in [3.8, 4) is 11.9 Å². The zero-order valence-electron chi connectivity index (χ0n) is 16.8. The van der Waals surface area contributed by atoms with Crippen molar-refractivity contribution in [2.45, 2.75) is 25.4 Å². The molecule has 0 radical (unpaired) electrons. The largest absolute Gasteiger partial charge is 0.474 e. The lowest BCUT2D eigenvalue weighted by molar-refractivity contribution is 0.162. The molecule has 156 valence electrons. The average Bonchev–Trinajstić information content (AvgIpc) is 3.25. The number of halogens is 1. The van der Waals surface area contributed by atoms with Gasteiger partial charge in [-0.1, -0.05) is 0 Å². The molecule has 0 spiro atoms. The summed E-state index contributed by atoms with van der Waals surface area (Å²) in [4.78, 5) is 21.2. The lowest BCUT2D eigenvalue weighted by Gasteiger charge is -2.32. The van der Waals surface area contributed by atoms with Crippen LogP contribution >= 0.6 is 0 Å². The Morgan fingerprint density at radius 3 is 2.45 bits per heavy atom. The van der Waals surface area contributed by atoms with Crippen molar-refractivity contribution >= 4 is 17.5 Å². The van der Waals surface area contributed by atoms with E-state index in [1.54, 1.807) is 0 Å². The molecule has 0 bridgehead atoms. The molecule has 0 saturated carbocycles. The highest BCUT2D eigenvalue weighted by Gasteiger charge is 2.29. The minimum atomic E-state index is -0.436. The predicted molar refractivity (Wildman–Crippen MR) is 112 cm³/mol. The fraction of sp³-hybridized carbons (Fsp3) is 0.318. The summed E-state index contributed by atoms with van der Waals surface area (Å²) in [6, 6.07) is 9.63. The summed E-state index contributed by atoms with van der Waals surface area (Å²) in [5, 5.41) is 9.01. The van der Waals surface area contributed by atoms with Crippen LogP contribution in [-0.4, -0.2) is 45.7 Å². The maximum absolute atomic E-state index is 13.0. The minimum Gasteiger partial charge on any atom is -0.474 e. The number of rotatable bonds is 4. The van der Waals surface area contributed by atoms with E-state index in [2.05, 4.69) is 30.9 Å². The Hall–Kier alpha value is -3.80. The first-order chi connectivity index (χ1) is 15.2. The highest BCUT2D eigenvalue weighted by atomic mass is 19.1. The van der Waals surface area contributed by atoms with E-state index in [0.29, 0.717) is 17.4 Å². The van der Waals surface area contributed by atoms with Crippen molar-refractivity contribution in [3.63, 3.8) is 0 Å². The number of aromatic nitrogens is 4. The van der Waals surface area contributed by atoms with Gasteiger partial charge in [0, 0.05) is 38.2 Å². The lowest BCUT2D eigenvalue weighted by Crippen LogP contribution is -2.39. The van der Waals surface area contributed by atoms with Gasteiger partial charge in [0.15, 0.2) is 5.82 Å². The standard InChI is InChI=1S/C22H20FN7O/c23-16-12-25-22(26-13-16)29-8-5-18(6-9-29)31-21-19-7-10-30(20(19)27-14-28-21)17-3-1-15(11-24)2-4-17/h1-4,12-14,18H,5-10H2. The number of nitriles is 1. The summed E-state index contributed by atoms with van der Waals surface area (Å²) >= 11 is 0. The maximum Gasteiger partial charge on any atom is 0.225 e. The van der Waals surface area contributed by atoms with Crippen molar-refractivity contribution in [3.05, 3.63) is 59.9 Å². The second-order valence-corrected chi connectivity index (χ2v) is 7.55. The summed E-state index contributed by atoms with van der Waals surface area (Å²) in [5.74, 6) is 1.60. The van der Waals surface area contributed by atoms with Crippen LogP contribution in [0.3, 0.4) is 0 Å². The van der Waals surface area contributed by atoms with Gasteiger partial charge >= 0.3 is 0 Å². The van der Waals surface area contributed by atoms with Gasteiger partial charge in [-0.15, -0.1) is 0 Å². The minimum absolute atomic E-state index is 0.0414. The Morgan fingerprint density at radius 2 is 1.74 bits per heavy atom. The molecule has 9 heteroatoms. The fourth-order valence-electron chi connectivity index (χ4n) is 4.04. The van der Waals surface area contributed by atoms with Crippen LogP contribution in [0.4, 0.5) is 21.8 Å². The summed E-state index contributed by atoms with van der Waals surface area (Å²) in [5.41, 5.74) is 2.64. The van der Waals surface area contributed by atoms with Crippen LogP contribution in [0.25, 0.3) is 0 Å². The molecule has 1 saturated heterocycles. The van der Waals surface area contributed by atoms with E-state index in [1.807, 2.05) is 29.2 Å². The zero-order chi connectivity index (χ0) is 21.2. The van der Waals surface area contributed by atoms with Crippen LogP contribution in [0.1, 0.15) is 24.0 Å². The number of ether oxygens (including phenoxy) is 1.